The molecule has 1 aromatic rings. The molecular formula is C16H30N4. The van der Waals surface area contributed by atoms with Crippen LogP contribution in [0.15, 0.2) is 12.4 Å². The van der Waals surface area contributed by atoms with Gasteiger partial charge in [0.15, 0.2) is 0 Å². The summed E-state index contributed by atoms with van der Waals surface area (Å²) in [4.78, 5) is 2.65. The lowest BCUT2D eigenvalue weighted by Crippen LogP contribution is -2.57. The largest absolute Gasteiger partial charge is 0.311 e. The van der Waals surface area contributed by atoms with E-state index in [4.69, 9.17) is 0 Å². The van der Waals surface area contributed by atoms with Gasteiger partial charge in [-0.15, -0.1) is 0 Å². The third-order valence-electron chi connectivity index (χ3n) is 4.39. The van der Waals surface area contributed by atoms with E-state index in [2.05, 4.69) is 49.2 Å². The van der Waals surface area contributed by atoms with E-state index in [1.54, 1.807) is 0 Å². The van der Waals surface area contributed by atoms with Crippen molar-refractivity contribution < 1.29 is 0 Å². The first-order chi connectivity index (χ1) is 9.63. The number of aryl methyl sites for hydroxylation is 1. The summed E-state index contributed by atoms with van der Waals surface area (Å²) < 4.78 is 2.02. The van der Waals surface area contributed by atoms with Crippen LogP contribution in [0.3, 0.4) is 0 Å². The fourth-order valence-corrected chi connectivity index (χ4v) is 3.04. The SMILES string of the molecule is CCCC1CNC(C(C)C)CN1Cc1cnn(CC)c1. The predicted molar refractivity (Wildman–Crippen MR) is 83.6 cm³/mol. The van der Waals surface area contributed by atoms with E-state index < -0.39 is 0 Å². The molecule has 0 aromatic carbocycles. The van der Waals surface area contributed by atoms with Gasteiger partial charge in [-0.2, -0.15) is 5.10 Å². The minimum atomic E-state index is 0.615. The van der Waals surface area contributed by atoms with E-state index in [1.807, 2.05) is 10.9 Å². The number of nitrogens with zero attached hydrogens (tertiary/aromatic N) is 3. The van der Waals surface area contributed by atoms with Crippen LogP contribution in [0.5, 0.6) is 0 Å². The van der Waals surface area contributed by atoms with Crippen LogP contribution >= 0.6 is 0 Å². The summed E-state index contributed by atoms with van der Waals surface area (Å²) in [5.41, 5.74) is 1.34. The van der Waals surface area contributed by atoms with Crippen LogP contribution in [-0.2, 0) is 13.1 Å². The van der Waals surface area contributed by atoms with Crippen LogP contribution in [0, 0.1) is 5.92 Å². The summed E-state index contributed by atoms with van der Waals surface area (Å²) in [6, 6.07) is 1.28. The van der Waals surface area contributed by atoms with Crippen LogP contribution in [0.2, 0.25) is 0 Å². The van der Waals surface area contributed by atoms with Crippen LogP contribution < -0.4 is 5.32 Å². The predicted octanol–water partition coefficient (Wildman–Crippen LogP) is 2.50. The lowest BCUT2D eigenvalue weighted by Gasteiger charge is -2.41. The van der Waals surface area contributed by atoms with Crippen LogP contribution in [0.25, 0.3) is 0 Å². The second kappa shape index (κ2) is 7.23. The second-order valence-corrected chi connectivity index (χ2v) is 6.33. The Morgan fingerprint density at radius 1 is 1.40 bits per heavy atom. The quantitative estimate of drug-likeness (QED) is 0.868. The lowest BCUT2D eigenvalue weighted by molar-refractivity contribution is 0.0997. The van der Waals surface area contributed by atoms with Crippen molar-refractivity contribution in [3.05, 3.63) is 18.0 Å². The van der Waals surface area contributed by atoms with Gasteiger partial charge in [0, 0.05) is 50.0 Å². The Kier molecular flexibility index (Phi) is 5.61. The molecule has 1 fully saturated rings. The Morgan fingerprint density at radius 2 is 2.20 bits per heavy atom. The molecule has 0 amide bonds. The highest BCUT2D eigenvalue weighted by Crippen LogP contribution is 2.18. The molecular weight excluding hydrogens is 248 g/mol. The van der Waals surface area contributed by atoms with Crippen molar-refractivity contribution in [2.45, 2.75) is 65.7 Å². The normalized spacial score (nSPS) is 24.4. The number of aromatic nitrogens is 2. The molecule has 20 heavy (non-hydrogen) atoms. The summed E-state index contributed by atoms with van der Waals surface area (Å²) in [5, 5.41) is 8.12. The van der Waals surface area contributed by atoms with Crippen molar-refractivity contribution in [3.63, 3.8) is 0 Å². The van der Waals surface area contributed by atoms with E-state index in [-0.39, 0.29) is 0 Å². The van der Waals surface area contributed by atoms with Crippen molar-refractivity contribution in [3.8, 4) is 0 Å². The first-order valence-corrected chi connectivity index (χ1v) is 8.12. The summed E-state index contributed by atoms with van der Waals surface area (Å²) >= 11 is 0. The van der Waals surface area contributed by atoms with E-state index >= 15 is 0 Å². The van der Waals surface area contributed by atoms with Crippen LogP contribution in [0.4, 0.5) is 0 Å². The fourth-order valence-electron chi connectivity index (χ4n) is 3.04. The molecule has 0 spiro atoms. The van der Waals surface area contributed by atoms with Crippen LogP contribution in [-0.4, -0.2) is 39.9 Å². The van der Waals surface area contributed by atoms with Gasteiger partial charge in [0.2, 0.25) is 0 Å². The molecule has 0 bridgehead atoms. The number of rotatable bonds is 6. The highest BCUT2D eigenvalue weighted by molar-refractivity contribution is 5.05. The molecule has 1 aliphatic rings. The number of piperazine rings is 1. The van der Waals surface area contributed by atoms with Gasteiger partial charge in [-0.05, 0) is 19.3 Å². The zero-order valence-corrected chi connectivity index (χ0v) is 13.5. The van der Waals surface area contributed by atoms with Gasteiger partial charge >= 0.3 is 0 Å². The highest BCUT2D eigenvalue weighted by atomic mass is 15.3. The monoisotopic (exact) mass is 278 g/mol. The molecule has 2 atom stereocenters. The maximum absolute atomic E-state index is 4.40. The Balaban J connectivity index is 2.02. The first kappa shape index (κ1) is 15.5. The first-order valence-electron chi connectivity index (χ1n) is 8.12. The van der Waals surface area contributed by atoms with Gasteiger partial charge in [0.05, 0.1) is 6.20 Å². The van der Waals surface area contributed by atoms with Crippen molar-refractivity contribution in [1.82, 2.24) is 20.0 Å². The minimum absolute atomic E-state index is 0.615. The van der Waals surface area contributed by atoms with Crippen molar-refractivity contribution in [2.24, 2.45) is 5.92 Å². The molecule has 2 heterocycles. The van der Waals surface area contributed by atoms with E-state index in [1.165, 1.54) is 18.4 Å². The zero-order valence-electron chi connectivity index (χ0n) is 13.5. The molecule has 0 saturated carbocycles. The summed E-state index contributed by atoms with van der Waals surface area (Å²) in [7, 11) is 0. The van der Waals surface area contributed by atoms with Gasteiger partial charge in [-0.25, -0.2) is 0 Å². The molecule has 4 nitrogen and oxygen atoms in total. The summed E-state index contributed by atoms with van der Waals surface area (Å²) in [5.74, 6) is 0.693. The molecule has 2 rings (SSSR count). The van der Waals surface area contributed by atoms with Gasteiger partial charge in [0.25, 0.3) is 0 Å². The molecule has 1 N–H and O–H groups in total. The molecule has 1 aliphatic heterocycles. The van der Waals surface area contributed by atoms with Crippen LogP contribution in [0.1, 0.15) is 46.1 Å². The fraction of sp³-hybridized carbons (Fsp3) is 0.812. The Morgan fingerprint density at radius 3 is 2.80 bits per heavy atom. The van der Waals surface area contributed by atoms with Gasteiger partial charge in [0.1, 0.15) is 0 Å². The second-order valence-electron chi connectivity index (χ2n) is 6.33. The molecule has 114 valence electrons. The van der Waals surface area contributed by atoms with E-state index in [9.17, 15) is 0 Å². The Labute approximate surface area is 123 Å². The average molecular weight is 278 g/mol. The van der Waals surface area contributed by atoms with E-state index in [0.29, 0.717) is 18.0 Å². The Bertz CT molecular complexity index is 399. The maximum Gasteiger partial charge on any atom is 0.0534 e. The molecule has 0 radical (unpaired) electrons. The highest BCUT2D eigenvalue weighted by Gasteiger charge is 2.28. The average Bonchev–Trinajstić information content (AvgIpc) is 2.88. The molecule has 1 saturated heterocycles. The third kappa shape index (κ3) is 3.83. The van der Waals surface area contributed by atoms with Gasteiger partial charge in [-0.1, -0.05) is 27.2 Å². The number of hydrogen-bond donors (Lipinski definition) is 1. The minimum Gasteiger partial charge on any atom is -0.311 e. The molecule has 0 aliphatic carbocycles. The number of nitrogens with one attached hydrogen (secondary N) is 1. The zero-order chi connectivity index (χ0) is 14.5. The lowest BCUT2D eigenvalue weighted by atomic mass is 9.97. The maximum atomic E-state index is 4.40. The summed E-state index contributed by atoms with van der Waals surface area (Å²) in [6.45, 7) is 13.3. The van der Waals surface area contributed by atoms with Crippen molar-refractivity contribution in [1.29, 1.82) is 0 Å². The Hall–Kier alpha value is -0.870. The van der Waals surface area contributed by atoms with Crippen molar-refractivity contribution >= 4 is 0 Å². The molecule has 4 heteroatoms. The van der Waals surface area contributed by atoms with Gasteiger partial charge in [-0.3, -0.25) is 9.58 Å². The standard InChI is InChI=1S/C16H30N4/c1-5-7-15-9-17-16(13(3)4)12-19(15)10-14-8-18-20(6-2)11-14/h8,11,13,15-17H,5-7,9-10,12H2,1-4H3. The molecule has 1 aromatic heterocycles. The van der Waals surface area contributed by atoms with Crippen molar-refractivity contribution in [2.75, 3.05) is 13.1 Å². The number of hydrogen-bond acceptors (Lipinski definition) is 3. The van der Waals surface area contributed by atoms with E-state index in [0.717, 1.165) is 26.2 Å². The third-order valence-corrected chi connectivity index (χ3v) is 4.39. The van der Waals surface area contributed by atoms with Gasteiger partial charge < -0.3 is 5.32 Å². The topological polar surface area (TPSA) is 33.1 Å². The summed E-state index contributed by atoms with van der Waals surface area (Å²) in [6.07, 6.45) is 6.75. The molecule has 2 unspecified atom stereocenters. The smallest absolute Gasteiger partial charge is 0.0534 e.